The summed E-state index contributed by atoms with van der Waals surface area (Å²) in [6.45, 7) is -0.370. The quantitative estimate of drug-likeness (QED) is 0.903. The molecule has 0 radical (unpaired) electrons. The zero-order valence-electron chi connectivity index (χ0n) is 10.9. The van der Waals surface area contributed by atoms with Crippen molar-refractivity contribution in [3.63, 3.8) is 0 Å². The summed E-state index contributed by atoms with van der Waals surface area (Å²) in [5.74, 6) is -1.71. The predicted octanol–water partition coefficient (Wildman–Crippen LogP) is 1.69. The first kappa shape index (κ1) is 15.3. The van der Waals surface area contributed by atoms with Crippen molar-refractivity contribution in [2.24, 2.45) is 0 Å². The number of hydrogen-bond acceptors (Lipinski definition) is 3. The van der Waals surface area contributed by atoms with Crippen molar-refractivity contribution in [2.45, 2.75) is 18.3 Å². The van der Waals surface area contributed by atoms with Gasteiger partial charge >= 0.3 is 12.1 Å². The maximum absolute atomic E-state index is 12.5. The number of ether oxygens (including phenoxy) is 1. The SMILES string of the molecule is CN1C(=O)COC(C(=O)O)C1c1ccc(C(F)(F)F)cc1. The van der Waals surface area contributed by atoms with Gasteiger partial charge in [-0.15, -0.1) is 0 Å². The van der Waals surface area contributed by atoms with Crippen LogP contribution in [-0.4, -0.2) is 41.6 Å². The number of benzene rings is 1. The van der Waals surface area contributed by atoms with Crippen LogP contribution >= 0.6 is 0 Å². The van der Waals surface area contributed by atoms with E-state index in [0.717, 1.165) is 24.3 Å². The van der Waals surface area contributed by atoms with E-state index in [1.165, 1.54) is 11.9 Å². The van der Waals surface area contributed by atoms with Crippen LogP contribution in [0.4, 0.5) is 13.2 Å². The molecule has 1 amide bonds. The number of aliphatic carboxylic acids is 1. The summed E-state index contributed by atoms with van der Waals surface area (Å²) in [6, 6.07) is 3.04. The van der Waals surface area contributed by atoms with E-state index in [4.69, 9.17) is 9.84 Å². The number of halogens is 3. The number of carbonyl (C=O) groups excluding carboxylic acids is 1. The van der Waals surface area contributed by atoms with E-state index in [0.29, 0.717) is 0 Å². The average molecular weight is 303 g/mol. The Kier molecular flexibility index (Phi) is 3.91. The van der Waals surface area contributed by atoms with Gasteiger partial charge in [-0.1, -0.05) is 12.1 Å². The Morgan fingerprint density at radius 3 is 2.38 bits per heavy atom. The number of nitrogens with zero attached hydrogens (tertiary/aromatic N) is 1. The number of carboxylic acid groups (broad SMARTS) is 1. The van der Waals surface area contributed by atoms with Crippen LogP contribution in [0.2, 0.25) is 0 Å². The fourth-order valence-corrected chi connectivity index (χ4v) is 2.19. The Bertz CT molecular complexity index is 556. The molecule has 1 heterocycles. The molecule has 8 heteroatoms. The molecule has 0 spiro atoms. The number of alkyl halides is 3. The molecule has 1 saturated heterocycles. The number of carbonyl (C=O) groups is 2. The molecule has 1 aromatic carbocycles. The van der Waals surface area contributed by atoms with E-state index in [-0.39, 0.29) is 12.2 Å². The summed E-state index contributed by atoms with van der Waals surface area (Å²) < 4.78 is 42.5. The normalized spacial score (nSPS) is 23.2. The van der Waals surface area contributed by atoms with E-state index < -0.39 is 35.8 Å². The van der Waals surface area contributed by atoms with Gasteiger partial charge in [0.1, 0.15) is 6.61 Å². The summed E-state index contributed by atoms with van der Waals surface area (Å²) in [5, 5.41) is 9.11. The second-order valence-electron chi connectivity index (χ2n) is 4.64. The Balaban J connectivity index is 2.36. The third-order valence-corrected chi connectivity index (χ3v) is 3.31. The highest BCUT2D eigenvalue weighted by molar-refractivity contribution is 5.82. The van der Waals surface area contributed by atoms with Crippen LogP contribution in [-0.2, 0) is 20.5 Å². The molecule has 21 heavy (non-hydrogen) atoms. The molecule has 1 aromatic rings. The van der Waals surface area contributed by atoms with Crippen molar-refractivity contribution in [1.29, 1.82) is 0 Å². The highest BCUT2D eigenvalue weighted by Gasteiger charge is 2.40. The molecule has 1 N–H and O–H groups in total. The second-order valence-corrected chi connectivity index (χ2v) is 4.64. The summed E-state index contributed by atoms with van der Waals surface area (Å²) in [5.41, 5.74) is -0.574. The summed E-state index contributed by atoms with van der Waals surface area (Å²) in [6.07, 6.45) is -5.79. The minimum atomic E-state index is -4.48. The molecule has 1 aliphatic rings. The maximum Gasteiger partial charge on any atom is 0.416 e. The lowest BCUT2D eigenvalue weighted by molar-refractivity contribution is -0.171. The van der Waals surface area contributed by atoms with E-state index in [2.05, 4.69) is 0 Å². The first-order chi connectivity index (χ1) is 9.71. The molecule has 114 valence electrons. The Morgan fingerprint density at radius 1 is 1.33 bits per heavy atom. The lowest BCUT2D eigenvalue weighted by atomic mass is 9.97. The first-order valence-corrected chi connectivity index (χ1v) is 5.99. The predicted molar refractivity (Wildman–Crippen MR) is 64.3 cm³/mol. The topological polar surface area (TPSA) is 66.8 Å². The largest absolute Gasteiger partial charge is 0.479 e. The van der Waals surface area contributed by atoms with Gasteiger partial charge in [0.25, 0.3) is 0 Å². The molecule has 1 aliphatic heterocycles. The Hall–Kier alpha value is -2.09. The van der Waals surface area contributed by atoms with E-state index in [1.54, 1.807) is 0 Å². The zero-order valence-corrected chi connectivity index (χ0v) is 10.9. The molecular formula is C13H12F3NO4. The molecule has 2 atom stereocenters. The lowest BCUT2D eigenvalue weighted by Crippen LogP contribution is -2.50. The van der Waals surface area contributed by atoms with Crippen molar-refractivity contribution in [2.75, 3.05) is 13.7 Å². The standard InChI is InChI=1S/C13H12F3NO4/c1-17-9(18)6-21-11(12(19)20)10(17)7-2-4-8(5-3-7)13(14,15)16/h2-5,10-11H,6H2,1H3,(H,19,20). The number of rotatable bonds is 2. The molecule has 0 saturated carbocycles. The summed E-state index contributed by atoms with van der Waals surface area (Å²) in [4.78, 5) is 23.9. The van der Waals surface area contributed by atoms with Gasteiger partial charge in [0.15, 0.2) is 6.10 Å². The molecule has 0 bridgehead atoms. The van der Waals surface area contributed by atoms with Crippen molar-refractivity contribution in [3.8, 4) is 0 Å². The lowest BCUT2D eigenvalue weighted by Gasteiger charge is -2.37. The van der Waals surface area contributed by atoms with Crippen molar-refractivity contribution in [3.05, 3.63) is 35.4 Å². The molecule has 5 nitrogen and oxygen atoms in total. The highest BCUT2D eigenvalue weighted by Crippen LogP contribution is 2.33. The van der Waals surface area contributed by atoms with Gasteiger partial charge < -0.3 is 14.7 Å². The number of carboxylic acids is 1. The third kappa shape index (κ3) is 2.99. The Labute approximate surface area is 117 Å². The number of hydrogen-bond donors (Lipinski definition) is 1. The van der Waals surface area contributed by atoms with Crippen LogP contribution in [0.1, 0.15) is 17.2 Å². The highest BCUT2D eigenvalue weighted by atomic mass is 19.4. The monoisotopic (exact) mass is 303 g/mol. The smallest absolute Gasteiger partial charge is 0.416 e. The first-order valence-electron chi connectivity index (χ1n) is 5.99. The van der Waals surface area contributed by atoms with Crippen molar-refractivity contribution < 1.29 is 32.6 Å². The average Bonchev–Trinajstić information content (AvgIpc) is 2.40. The van der Waals surface area contributed by atoms with Gasteiger partial charge in [-0.05, 0) is 17.7 Å². The van der Waals surface area contributed by atoms with Gasteiger partial charge in [-0.3, -0.25) is 4.79 Å². The fourth-order valence-electron chi connectivity index (χ4n) is 2.19. The molecule has 1 fully saturated rings. The number of amides is 1. The minimum Gasteiger partial charge on any atom is -0.479 e. The summed E-state index contributed by atoms with van der Waals surface area (Å²) >= 11 is 0. The Morgan fingerprint density at radius 2 is 1.90 bits per heavy atom. The third-order valence-electron chi connectivity index (χ3n) is 3.31. The van der Waals surface area contributed by atoms with Gasteiger partial charge in [-0.2, -0.15) is 13.2 Å². The van der Waals surface area contributed by atoms with Gasteiger partial charge in [0, 0.05) is 7.05 Å². The molecular weight excluding hydrogens is 291 g/mol. The second kappa shape index (κ2) is 5.36. The number of morpholine rings is 1. The van der Waals surface area contributed by atoms with E-state index >= 15 is 0 Å². The zero-order chi connectivity index (χ0) is 15.8. The van der Waals surface area contributed by atoms with Crippen LogP contribution in [0.25, 0.3) is 0 Å². The minimum absolute atomic E-state index is 0.269. The molecule has 2 unspecified atom stereocenters. The van der Waals surface area contributed by atoms with Crippen LogP contribution < -0.4 is 0 Å². The maximum atomic E-state index is 12.5. The van der Waals surface area contributed by atoms with Crippen LogP contribution in [0.3, 0.4) is 0 Å². The van der Waals surface area contributed by atoms with Gasteiger partial charge in [-0.25, -0.2) is 4.79 Å². The van der Waals surface area contributed by atoms with Crippen LogP contribution in [0.15, 0.2) is 24.3 Å². The van der Waals surface area contributed by atoms with Gasteiger partial charge in [0.05, 0.1) is 11.6 Å². The molecule has 2 rings (SSSR count). The number of likely N-dealkylation sites (N-methyl/N-ethyl adjacent to an activating group) is 1. The fraction of sp³-hybridized carbons (Fsp3) is 0.385. The van der Waals surface area contributed by atoms with Crippen LogP contribution in [0.5, 0.6) is 0 Å². The van der Waals surface area contributed by atoms with E-state index in [9.17, 15) is 22.8 Å². The van der Waals surface area contributed by atoms with Gasteiger partial charge in [0.2, 0.25) is 5.91 Å². The van der Waals surface area contributed by atoms with E-state index in [1.807, 2.05) is 0 Å². The molecule has 0 aliphatic carbocycles. The van der Waals surface area contributed by atoms with Crippen molar-refractivity contribution in [1.82, 2.24) is 4.90 Å². The van der Waals surface area contributed by atoms with Crippen molar-refractivity contribution >= 4 is 11.9 Å². The van der Waals surface area contributed by atoms with Crippen LogP contribution in [0, 0.1) is 0 Å². The molecule has 0 aromatic heterocycles. The summed E-state index contributed by atoms with van der Waals surface area (Å²) in [7, 11) is 1.39.